The van der Waals surface area contributed by atoms with Crippen LogP contribution in [0.25, 0.3) is 10.8 Å². The number of hydrogen-bond donors (Lipinski definition) is 1. The number of methoxy groups -OCH3 is 2. The summed E-state index contributed by atoms with van der Waals surface area (Å²) in [6.45, 7) is 0.723. The first kappa shape index (κ1) is 14.2. The molecule has 2 aromatic carbocycles. The number of fused-ring (bicyclic) bond motifs is 1. The van der Waals surface area contributed by atoms with Crippen molar-refractivity contribution in [2.75, 3.05) is 19.5 Å². The number of pyridine rings is 1. The Hall–Kier alpha value is -2.75. The van der Waals surface area contributed by atoms with Gasteiger partial charge in [-0.2, -0.15) is 0 Å². The number of anilines is 1. The fourth-order valence-electron chi connectivity index (χ4n) is 2.44. The first-order valence-electron chi connectivity index (χ1n) is 7.10. The van der Waals surface area contributed by atoms with Crippen LogP contribution < -0.4 is 14.8 Å². The summed E-state index contributed by atoms with van der Waals surface area (Å²) in [4.78, 5) is 4.28. The number of benzene rings is 2. The van der Waals surface area contributed by atoms with Crippen molar-refractivity contribution >= 4 is 16.5 Å². The summed E-state index contributed by atoms with van der Waals surface area (Å²) in [5.74, 6) is 1.50. The molecule has 22 heavy (non-hydrogen) atoms. The summed E-state index contributed by atoms with van der Waals surface area (Å²) in [5, 5.41) is 5.56. The Morgan fingerprint density at radius 1 is 0.955 bits per heavy atom. The molecule has 0 spiro atoms. The highest BCUT2D eigenvalue weighted by molar-refractivity contribution is 5.97. The van der Waals surface area contributed by atoms with Gasteiger partial charge in [0, 0.05) is 18.4 Å². The van der Waals surface area contributed by atoms with Gasteiger partial charge in [-0.15, -0.1) is 0 Å². The summed E-state index contributed by atoms with van der Waals surface area (Å²) in [6, 6.07) is 16.1. The Morgan fingerprint density at radius 3 is 2.50 bits per heavy atom. The van der Waals surface area contributed by atoms with Crippen molar-refractivity contribution in [2.45, 2.75) is 6.54 Å². The minimum absolute atomic E-state index is 0.635. The molecule has 0 saturated carbocycles. The highest BCUT2D eigenvalue weighted by atomic mass is 16.5. The van der Waals surface area contributed by atoms with Gasteiger partial charge in [-0.1, -0.05) is 24.3 Å². The average Bonchev–Trinajstić information content (AvgIpc) is 2.59. The molecule has 4 nitrogen and oxygen atoms in total. The van der Waals surface area contributed by atoms with Gasteiger partial charge < -0.3 is 14.8 Å². The molecular weight excluding hydrogens is 276 g/mol. The van der Waals surface area contributed by atoms with E-state index in [1.54, 1.807) is 20.4 Å². The minimum Gasteiger partial charge on any atom is -0.497 e. The van der Waals surface area contributed by atoms with Crippen LogP contribution in [-0.4, -0.2) is 19.2 Å². The molecule has 0 aliphatic rings. The van der Waals surface area contributed by atoms with Crippen molar-refractivity contribution < 1.29 is 9.47 Å². The van der Waals surface area contributed by atoms with Gasteiger partial charge in [0.25, 0.3) is 0 Å². The van der Waals surface area contributed by atoms with E-state index in [9.17, 15) is 0 Å². The summed E-state index contributed by atoms with van der Waals surface area (Å²) >= 11 is 0. The lowest BCUT2D eigenvalue weighted by Gasteiger charge is -2.12. The van der Waals surface area contributed by atoms with Gasteiger partial charge in [-0.3, -0.25) is 0 Å². The number of rotatable bonds is 5. The zero-order valence-electron chi connectivity index (χ0n) is 12.7. The lowest BCUT2D eigenvalue weighted by molar-refractivity contribution is 0.403. The normalized spacial score (nSPS) is 10.5. The van der Waals surface area contributed by atoms with Gasteiger partial charge in [0.15, 0.2) is 0 Å². The molecule has 1 aromatic heterocycles. The summed E-state index contributed by atoms with van der Waals surface area (Å²) in [7, 11) is 3.31. The van der Waals surface area contributed by atoms with Gasteiger partial charge in [0.2, 0.25) is 5.88 Å². The predicted molar refractivity (Wildman–Crippen MR) is 88.6 cm³/mol. The maximum absolute atomic E-state index is 5.38. The second-order valence-corrected chi connectivity index (χ2v) is 4.93. The molecule has 0 bridgehead atoms. The third kappa shape index (κ3) is 2.81. The number of hydrogen-bond acceptors (Lipinski definition) is 4. The van der Waals surface area contributed by atoms with Crippen molar-refractivity contribution in [1.82, 2.24) is 4.98 Å². The molecule has 112 valence electrons. The summed E-state index contributed by atoms with van der Waals surface area (Å²) in [5.41, 5.74) is 2.19. The van der Waals surface area contributed by atoms with E-state index in [0.29, 0.717) is 5.88 Å². The highest BCUT2D eigenvalue weighted by Crippen LogP contribution is 2.30. The molecule has 0 unspecified atom stereocenters. The molecule has 3 rings (SSSR count). The van der Waals surface area contributed by atoms with E-state index in [1.807, 2.05) is 42.5 Å². The molecule has 0 saturated heterocycles. The van der Waals surface area contributed by atoms with Crippen LogP contribution in [0, 0.1) is 0 Å². The van der Waals surface area contributed by atoms with E-state index in [2.05, 4.69) is 16.4 Å². The molecule has 0 aliphatic carbocycles. The Labute approximate surface area is 129 Å². The summed E-state index contributed by atoms with van der Waals surface area (Å²) < 4.78 is 10.6. The van der Waals surface area contributed by atoms with E-state index in [0.717, 1.165) is 28.8 Å². The van der Waals surface area contributed by atoms with E-state index < -0.39 is 0 Å². The van der Waals surface area contributed by atoms with Crippen LogP contribution in [0.15, 0.2) is 54.7 Å². The highest BCUT2D eigenvalue weighted by Gasteiger charge is 2.07. The fourth-order valence-corrected chi connectivity index (χ4v) is 2.44. The lowest BCUT2D eigenvalue weighted by atomic mass is 10.1. The molecule has 0 amide bonds. The molecule has 0 atom stereocenters. The predicted octanol–water partition coefficient (Wildman–Crippen LogP) is 3.86. The fraction of sp³-hybridized carbons (Fsp3) is 0.167. The molecule has 0 radical (unpaired) electrons. The van der Waals surface area contributed by atoms with Crippen molar-refractivity contribution in [3.05, 3.63) is 60.3 Å². The van der Waals surface area contributed by atoms with E-state index in [1.165, 1.54) is 5.56 Å². The van der Waals surface area contributed by atoms with Crippen molar-refractivity contribution in [3.8, 4) is 11.6 Å². The molecule has 4 heteroatoms. The van der Waals surface area contributed by atoms with Crippen LogP contribution in [0.3, 0.4) is 0 Å². The molecule has 0 aliphatic heterocycles. The van der Waals surface area contributed by atoms with Crippen LogP contribution in [0.5, 0.6) is 11.6 Å². The monoisotopic (exact) mass is 294 g/mol. The SMILES string of the molecule is COc1ccc(CNc2cccc3ccnc(OC)c23)cc1. The standard InChI is InChI=1S/C18H18N2O2/c1-21-15-8-6-13(7-9-15)12-20-16-5-3-4-14-10-11-19-18(22-2)17(14)16/h3-11,20H,12H2,1-2H3. The van der Waals surface area contributed by atoms with Crippen LogP contribution in [0.1, 0.15) is 5.56 Å². The van der Waals surface area contributed by atoms with Gasteiger partial charge in [-0.05, 0) is 35.2 Å². The third-order valence-corrected chi connectivity index (χ3v) is 3.59. The molecule has 1 N–H and O–H groups in total. The zero-order chi connectivity index (χ0) is 15.4. The van der Waals surface area contributed by atoms with Crippen LogP contribution in [0.2, 0.25) is 0 Å². The van der Waals surface area contributed by atoms with Crippen LogP contribution in [-0.2, 0) is 6.54 Å². The molecule has 3 aromatic rings. The number of aromatic nitrogens is 1. The van der Waals surface area contributed by atoms with Gasteiger partial charge in [0.05, 0.1) is 19.6 Å². The zero-order valence-corrected chi connectivity index (χ0v) is 12.7. The van der Waals surface area contributed by atoms with E-state index >= 15 is 0 Å². The first-order chi connectivity index (χ1) is 10.8. The Morgan fingerprint density at radius 2 is 1.77 bits per heavy atom. The maximum Gasteiger partial charge on any atom is 0.223 e. The van der Waals surface area contributed by atoms with Gasteiger partial charge >= 0.3 is 0 Å². The lowest BCUT2D eigenvalue weighted by Crippen LogP contribution is -2.01. The van der Waals surface area contributed by atoms with E-state index in [4.69, 9.17) is 9.47 Å². The van der Waals surface area contributed by atoms with Gasteiger partial charge in [0.1, 0.15) is 5.75 Å². The van der Waals surface area contributed by atoms with Crippen molar-refractivity contribution in [2.24, 2.45) is 0 Å². The third-order valence-electron chi connectivity index (χ3n) is 3.59. The first-order valence-corrected chi connectivity index (χ1v) is 7.10. The van der Waals surface area contributed by atoms with Crippen molar-refractivity contribution in [1.29, 1.82) is 0 Å². The minimum atomic E-state index is 0.635. The van der Waals surface area contributed by atoms with Crippen LogP contribution in [0.4, 0.5) is 5.69 Å². The van der Waals surface area contributed by atoms with Crippen molar-refractivity contribution in [3.63, 3.8) is 0 Å². The Bertz CT molecular complexity index is 764. The number of nitrogens with zero attached hydrogens (tertiary/aromatic N) is 1. The molecule has 1 heterocycles. The van der Waals surface area contributed by atoms with Crippen LogP contribution >= 0.6 is 0 Å². The second kappa shape index (κ2) is 6.35. The molecule has 0 fully saturated rings. The Kier molecular flexibility index (Phi) is 4.10. The Balaban J connectivity index is 1.87. The molecular formula is C18H18N2O2. The van der Waals surface area contributed by atoms with E-state index in [-0.39, 0.29) is 0 Å². The largest absolute Gasteiger partial charge is 0.497 e. The quantitative estimate of drug-likeness (QED) is 0.776. The second-order valence-electron chi connectivity index (χ2n) is 4.93. The maximum atomic E-state index is 5.38. The number of nitrogens with one attached hydrogen (secondary N) is 1. The van der Waals surface area contributed by atoms with Gasteiger partial charge in [-0.25, -0.2) is 4.98 Å². The average molecular weight is 294 g/mol. The smallest absolute Gasteiger partial charge is 0.223 e. The summed E-state index contributed by atoms with van der Waals surface area (Å²) in [6.07, 6.45) is 1.76. The number of ether oxygens (including phenoxy) is 2. The topological polar surface area (TPSA) is 43.4 Å².